The Kier molecular flexibility index (Phi) is 3.59. The first-order valence-corrected chi connectivity index (χ1v) is 6.37. The zero-order chi connectivity index (χ0) is 14.7. The molecular weight excluding hydrogens is 274 g/mol. The summed E-state index contributed by atoms with van der Waals surface area (Å²) in [6.45, 7) is 0.248. The molecule has 106 valence electrons. The van der Waals surface area contributed by atoms with Crippen LogP contribution < -0.4 is 5.32 Å². The van der Waals surface area contributed by atoms with Gasteiger partial charge < -0.3 is 5.32 Å². The van der Waals surface area contributed by atoms with Gasteiger partial charge in [-0.3, -0.25) is 0 Å². The lowest BCUT2D eigenvalue weighted by molar-refractivity contribution is 0.574. The van der Waals surface area contributed by atoms with E-state index in [1.165, 1.54) is 12.1 Å². The fourth-order valence-corrected chi connectivity index (χ4v) is 2.02. The summed E-state index contributed by atoms with van der Waals surface area (Å²) in [5.74, 6) is -1.15. The average Bonchev–Trinajstić information content (AvgIpc) is 3.01. The standard InChI is InChI=1S/C15H12F2N4/c16-12-6-5-11(13(17)9-12)10-18-14-3-1-2-4-15(14)21-8-7-19-20-21/h1-9,18H,10H2. The Hall–Kier alpha value is -2.76. The quantitative estimate of drug-likeness (QED) is 0.801. The van der Waals surface area contributed by atoms with Gasteiger partial charge in [0.1, 0.15) is 11.6 Å². The minimum Gasteiger partial charge on any atom is -0.379 e. The van der Waals surface area contributed by atoms with E-state index < -0.39 is 11.6 Å². The summed E-state index contributed by atoms with van der Waals surface area (Å²) in [5, 5.41) is 10.8. The molecule has 0 unspecified atom stereocenters. The molecule has 6 heteroatoms. The van der Waals surface area contributed by atoms with E-state index in [1.807, 2.05) is 24.3 Å². The molecule has 3 aromatic rings. The van der Waals surface area contributed by atoms with E-state index >= 15 is 0 Å². The van der Waals surface area contributed by atoms with E-state index in [4.69, 9.17) is 0 Å². The molecule has 0 saturated carbocycles. The Morgan fingerprint density at radius 1 is 1.10 bits per heavy atom. The highest BCUT2D eigenvalue weighted by Gasteiger charge is 2.07. The molecule has 1 N–H and O–H groups in total. The van der Waals surface area contributed by atoms with E-state index in [0.717, 1.165) is 17.4 Å². The molecule has 0 radical (unpaired) electrons. The second-order valence-electron chi connectivity index (χ2n) is 4.45. The number of halogens is 2. The number of para-hydroxylation sites is 2. The molecule has 2 aromatic carbocycles. The van der Waals surface area contributed by atoms with E-state index in [0.29, 0.717) is 5.56 Å². The van der Waals surface area contributed by atoms with Crippen LogP contribution in [-0.4, -0.2) is 15.0 Å². The van der Waals surface area contributed by atoms with Crippen LogP contribution in [0.2, 0.25) is 0 Å². The highest BCUT2D eigenvalue weighted by atomic mass is 19.1. The maximum absolute atomic E-state index is 13.6. The van der Waals surface area contributed by atoms with Crippen LogP contribution in [0.3, 0.4) is 0 Å². The van der Waals surface area contributed by atoms with E-state index in [2.05, 4.69) is 15.6 Å². The van der Waals surface area contributed by atoms with Gasteiger partial charge in [0.15, 0.2) is 0 Å². The Balaban J connectivity index is 1.83. The van der Waals surface area contributed by atoms with Gasteiger partial charge in [0.2, 0.25) is 0 Å². The molecular formula is C15H12F2N4. The van der Waals surface area contributed by atoms with Crippen LogP contribution in [0.5, 0.6) is 0 Å². The molecule has 0 bridgehead atoms. The number of anilines is 1. The Bertz CT molecular complexity index is 741. The molecule has 1 heterocycles. The highest BCUT2D eigenvalue weighted by Crippen LogP contribution is 2.20. The smallest absolute Gasteiger partial charge is 0.131 e. The normalized spacial score (nSPS) is 10.6. The SMILES string of the molecule is Fc1ccc(CNc2ccccc2-n2ccnn2)c(F)c1. The third-order valence-electron chi connectivity index (χ3n) is 3.06. The number of rotatable bonds is 4. The average molecular weight is 286 g/mol. The number of benzene rings is 2. The summed E-state index contributed by atoms with van der Waals surface area (Å²) in [5.41, 5.74) is 1.98. The zero-order valence-electron chi connectivity index (χ0n) is 11.0. The first-order chi connectivity index (χ1) is 10.2. The molecule has 0 aliphatic carbocycles. The Labute approximate surface area is 120 Å². The topological polar surface area (TPSA) is 42.7 Å². The molecule has 0 spiro atoms. The van der Waals surface area contributed by atoms with Crippen molar-refractivity contribution in [3.63, 3.8) is 0 Å². The molecule has 21 heavy (non-hydrogen) atoms. The first kappa shape index (κ1) is 13.2. The predicted molar refractivity (Wildman–Crippen MR) is 75.0 cm³/mol. The fourth-order valence-electron chi connectivity index (χ4n) is 2.02. The summed E-state index contributed by atoms with van der Waals surface area (Å²) < 4.78 is 28.1. The molecule has 0 fully saturated rings. The second kappa shape index (κ2) is 5.70. The van der Waals surface area contributed by atoms with Gasteiger partial charge in [-0.1, -0.05) is 23.4 Å². The minimum absolute atomic E-state index is 0.248. The maximum Gasteiger partial charge on any atom is 0.131 e. The van der Waals surface area contributed by atoms with E-state index in [9.17, 15) is 8.78 Å². The van der Waals surface area contributed by atoms with Crippen molar-refractivity contribution in [2.75, 3.05) is 5.32 Å². The molecule has 0 aliphatic heterocycles. The second-order valence-corrected chi connectivity index (χ2v) is 4.45. The van der Waals surface area contributed by atoms with Crippen molar-refractivity contribution < 1.29 is 8.78 Å². The van der Waals surface area contributed by atoms with Crippen LogP contribution in [0.15, 0.2) is 54.9 Å². The van der Waals surface area contributed by atoms with Crippen molar-refractivity contribution in [1.82, 2.24) is 15.0 Å². The Morgan fingerprint density at radius 2 is 1.95 bits per heavy atom. The number of nitrogens with one attached hydrogen (secondary N) is 1. The van der Waals surface area contributed by atoms with Crippen molar-refractivity contribution in [1.29, 1.82) is 0 Å². The minimum atomic E-state index is -0.584. The van der Waals surface area contributed by atoms with Gasteiger partial charge in [-0.05, 0) is 18.2 Å². The fraction of sp³-hybridized carbons (Fsp3) is 0.0667. The molecule has 0 atom stereocenters. The van der Waals surface area contributed by atoms with Gasteiger partial charge in [-0.15, -0.1) is 5.10 Å². The summed E-state index contributed by atoms with van der Waals surface area (Å²) >= 11 is 0. The van der Waals surface area contributed by atoms with Gasteiger partial charge in [0.05, 0.1) is 23.8 Å². The van der Waals surface area contributed by atoms with Gasteiger partial charge in [-0.2, -0.15) is 0 Å². The lowest BCUT2D eigenvalue weighted by Crippen LogP contribution is -2.06. The number of hydrogen-bond donors (Lipinski definition) is 1. The summed E-state index contributed by atoms with van der Waals surface area (Å²) in [6.07, 6.45) is 3.30. The third-order valence-corrected chi connectivity index (χ3v) is 3.06. The number of aromatic nitrogens is 3. The molecule has 0 amide bonds. The molecule has 3 rings (SSSR count). The number of hydrogen-bond acceptors (Lipinski definition) is 3. The number of nitrogens with zero attached hydrogens (tertiary/aromatic N) is 3. The van der Waals surface area contributed by atoms with Gasteiger partial charge in [-0.25, -0.2) is 13.5 Å². The molecule has 1 aromatic heterocycles. The van der Waals surface area contributed by atoms with Crippen LogP contribution in [0.4, 0.5) is 14.5 Å². The molecule has 0 aliphatic rings. The summed E-state index contributed by atoms with van der Waals surface area (Å²) in [6, 6.07) is 11.0. The summed E-state index contributed by atoms with van der Waals surface area (Å²) in [4.78, 5) is 0. The Morgan fingerprint density at radius 3 is 2.71 bits per heavy atom. The highest BCUT2D eigenvalue weighted by molar-refractivity contribution is 5.60. The monoisotopic (exact) mass is 286 g/mol. The molecule has 4 nitrogen and oxygen atoms in total. The lowest BCUT2D eigenvalue weighted by atomic mass is 10.2. The largest absolute Gasteiger partial charge is 0.379 e. The zero-order valence-corrected chi connectivity index (χ0v) is 11.0. The third kappa shape index (κ3) is 2.89. The molecule has 0 saturated heterocycles. The lowest BCUT2D eigenvalue weighted by Gasteiger charge is -2.12. The first-order valence-electron chi connectivity index (χ1n) is 6.37. The van der Waals surface area contributed by atoms with Crippen molar-refractivity contribution in [3.05, 3.63) is 72.1 Å². The van der Waals surface area contributed by atoms with E-state index in [1.54, 1.807) is 17.1 Å². The van der Waals surface area contributed by atoms with Gasteiger partial charge >= 0.3 is 0 Å². The van der Waals surface area contributed by atoms with Crippen molar-refractivity contribution in [2.45, 2.75) is 6.54 Å². The van der Waals surface area contributed by atoms with Crippen LogP contribution in [0.1, 0.15) is 5.56 Å². The van der Waals surface area contributed by atoms with Crippen LogP contribution >= 0.6 is 0 Å². The van der Waals surface area contributed by atoms with Crippen molar-refractivity contribution >= 4 is 5.69 Å². The van der Waals surface area contributed by atoms with Crippen LogP contribution in [0, 0.1) is 11.6 Å². The maximum atomic E-state index is 13.6. The van der Waals surface area contributed by atoms with Gasteiger partial charge in [0.25, 0.3) is 0 Å². The van der Waals surface area contributed by atoms with Crippen LogP contribution in [0.25, 0.3) is 5.69 Å². The summed E-state index contributed by atoms with van der Waals surface area (Å²) in [7, 11) is 0. The predicted octanol–water partition coefficient (Wildman–Crippen LogP) is 3.16. The van der Waals surface area contributed by atoms with Crippen molar-refractivity contribution in [2.24, 2.45) is 0 Å². The van der Waals surface area contributed by atoms with Crippen molar-refractivity contribution in [3.8, 4) is 5.69 Å². The van der Waals surface area contributed by atoms with E-state index in [-0.39, 0.29) is 6.54 Å². The van der Waals surface area contributed by atoms with Gasteiger partial charge in [0, 0.05) is 18.2 Å². The van der Waals surface area contributed by atoms with Crippen LogP contribution in [-0.2, 0) is 6.54 Å².